The van der Waals surface area contributed by atoms with Crippen molar-refractivity contribution in [3.8, 4) is 0 Å². The quantitative estimate of drug-likeness (QED) is 0.454. The van der Waals surface area contributed by atoms with Crippen LogP contribution >= 0.6 is 11.6 Å². The summed E-state index contributed by atoms with van der Waals surface area (Å²) in [4.78, 5) is 43.0. The highest BCUT2D eigenvalue weighted by Gasteiger charge is 2.75. The molecule has 6 atom stereocenters. The predicted octanol–water partition coefficient (Wildman–Crippen LogP) is 3.09. The SMILES string of the molecule is CCCNC(=O)[C@@H]1[C@@H]2CCC3(O2)C(C(=O)Nc2c(C)cccc2Cl)N([C@@H](CO)Cc2ccccc2)C(=O)[C@H]13. The molecule has 2 unspecified atom stereocenters. The van der Waals surface area contributed by atoms with Crippen LogP contribution in [-0.2, 0) is 25.5 Å². The first-order chi connectivity index (χ1) is 18.3. The Kier molecular flexibility index (Phi) is 7.49. The van der Waals surface area contributed by atoms with Crippen LogP contribution in [-0.4, -0.2) is 64.7 Å². The molecular weight excluding hydrogens is 506 g/mol. The number of amides is 3. The first-order valence-corrected chi connectivity index (χ1v) is 13.7. The first kappa shape index (κ1) is 26.7. The summed E-state index contributed by atoms with van der Waals surface area (Å²) in [5.41, 5.74) is 1.03. The molecule has 8 nitrogen and oxygen atoms in total. The van der Waals surface area contributed by atoms with Crippen molar-refractivity contribution in [3.05, 3.63) is 64.7 Å². The molecule has 3 aliphatic heterocycles. The fourth-order valence-electron chi connectivity index (χ4n) is 6.57. The number of carbonyl (C=O) groups excluding carboxylic acids is 3. The number of hydrogen-bond acceptors (Lipinski definition) is 5. The number of aliphatic hydroxyl groups excluding tert-OH is 1. The molecule has 3 aliphatic rings. The van der Waals surface area contributed by atoms with E-state index in [1.807, 2.05) is 50.2 Å². The summed E-state index contributed by atoms with van der Waals surface area (Å²) in [6, 6.07) is 13.2. The number of aryl methyl sites for hydroxylation is 1. The van der Waals surface area contributed by atoms with Gasteiger partial charge in [0.2, 0.25) is 17.7 Å². The lowest BCUT2D eigenvalue weighted by Gasteiger charge is -2.37. The molecule has 2 bridgehead atoms. The van der Waals surface area contributed by atoms with Crippen molar-refractivity contribution >= 4 is 35.0 Å². The van der Waals surface area contributed by atoms with E-state index in [4.69, 9.17) is 16.3 Å². The molecule has 0 radical (unpaired) electrons. The Hall–Kier alpha value is -2.94. The standard InChI is InChI=1S/C29H34ClN3O5/c1-3-14-31-26(35)22-21-12-13-29(38-21)23(22)28(37)33(19(16-34)15-18-9-5-4-6-10-18)25(29)27(36)32-24-17(2)8-7-11-20(24)30/h4-11,19,21-23,25,34H,3,12-16H2,1-2H3,(H,31,35)(H,32,36)/t19-,21+,22-,23+,25?,29?/m1/s1. The van der Waals surface area contributed by atoms with Crippen LogP contribution in [0.2, 0.25) is 5.02 Å². The molecule has 3 heterocycles. The number of ether oxygens (including phenoxy) is 1. The number of anilines is 1. The zero-order chi connectivity index (χ0) is 27.0. The second-order valence-corrected chi connectivity index (χ2v) is 10.9. The average molecular weight is 540 g/mol. The summed E-state index contributed by atoms with van der Waals surface area (Å²) in [6.45, 7) is 3.98. The number of halogens is 1. The van der Waals surface area contributed by atoms with Gasteiger partial charge in [-0.15, -0.1) is 0 Å². The van der Waals surface area contributed by atoms with E-state index in [-0.39, 0.29) is 18.4 Å². The van der Waals surface area contributed by atoms with Crippen LogP contribution < -0.4 is 10.6 Å². The van der Waals surface area contributed by atoms with Crippen LogP contribution in [0.3, 0.4) is 0 Å². The van der Waals surface area contributed by atoms with E-state index < -0.39 is 41.5 Å². The number of nitrogens with zero attached hydrogens (tertiary/aromatic N) is 1. The molecule has 2 aromatic rings. The van der Waals surface area contributed by atoms with Gasteiger partial charge in [0.1, 0.15) is 11.6 Å². The first-order valence-electron chi connectivity index (χ1n) is 13.3. The van der Waals surface area contributed by atoms with Crippen molar-refractivity contribution in [1.82, 2.24) is 10.2 Å². The Morgan fingerprint density at radius 2 is 1.95 bits per heavy atom. The highest BCUT2D eigenvalue weighted by Crippen LogP contribution is 2.59. The highest BCUT2D eigenvalue weighted by molar-refractivity contribution is 6.34. The second-order valence-electron chi connectivity index (χ2n) is 10.5. The van der Waals surface area contributed by atoms with Crippen molar-refractivity contribution < 1.29 is 24.2 Å². The van der Waals surface area contributed by atoms with Crippen LogP contribution in [0.5, 0.6) is 0 Å². The Morgan fingerprint density at radius 1 is 1.18 bits per heavy atom. The van der Waals surface area contributed by atoms with Gasteiger partial charge in [-0.3, -0.25) is 14.4 Å². The lowest BCUT2D eigenvalue weighted by atomic mass is 9.70. The minimum Gasteiger partial charge on any atom is -0.394 e. The van der Waals surface area contributed by atoms with Gasteiger partial charge in [-0.05, 0) is 49.8 Å². The van der Waals surface area contributed by atoms with Crippen molar-refractivity contribution in [2.45, 2.75) is 63.3 Å². The molecule has 9 heteroatoms. The number of rotatable bonds is 9. The van der Waals surface area contributed by atoms with Crippen LogP contribution in [0.25, 0.3) is 0 Å². The number of likely N-dealkylation sites (tertiary alicyclic amines) is 1. The maximum Gasteiger partial charge on any atom is 0.250 e. The monoisotopic (exact) mass is 539 g/mol. The number of carbonyl (C=O) groups is 3. The fourth-order valence-corrected chi connectivity index (χ4v) is 6.84. The Morgan fingerprint density at radius 3 is 2.63 bits per heavy atom. The second kappa shape index (κ2) is 10.7. The fraction of sp³-hybridized carbons (Fsp3) is 0.483. The molecule has 0 aromatic heterocycles. The summed E-state index contributed by atoms with van der Waals surface area (Å²) < 4.78 is 6.48. The summed E-state index contributed by atoms with van der Waals surface area (Å²) in [5.74, 6) is -2.45. The Bertz CT molecular complexity index is 1200. The topological polar surface area (TPSA) is 108 Å². The zero-order valence-electron chi connectivity index (χ0n) is 21.7. The van der Waals surface area contributed by atoms with E-state index in [9.17, 15) is 19.5 Å². The number of aliphatic hydroxyl groups is 1. The maximum absolute atomic E-state index is 14.2. The van der Waals surface area contributed by atoms with E-state index in [1.54, 1.807) is 12.1 Å². The Labute approximate surface area is 227 Å². The summed E-state index contributed by atoms with van der Waals surface area (Å²) >= 11 is 6.42. The molecule has 3 amide bonds. The van der Waals surface area contributed by atoms with Crippen molar-refractivity contribution in [3.63, 3.8) is 0 Å². The third kappa shape index (κ3) is 4.38. The summed E-state index contributed by atoms with van der Waals surface area (Å²) in [7, 11) is 0. The van der Waals surface area contributed by atoms with E-state index in [0.29, 0.717) is 36.5 Å². The minimum absolute atomic E-state index is 0.219. The third-order valence-electron chi connectivity index (χ3n) is 8.23. The smallest absolute Gasteiger partial charge is 0.250 e. The van der Waals surface area contributed by atoms with Gasteiger partial charge in [0.05, 0.1) is 41.3 Å². The molecule has 3 N–H and O–H groups in total. The van der Waals surface area contributed by atoms with Crippen LogP contribution in [0.4, 0.5) is 5.69 Å². The molecule has 2 aromatic carbocycles. The molecule has 0 saturated carbocycles. The number of hydrogen-bond donors (Lipinski definition) is 3. The van der Waals surface area contributed by atoms with Gasteiger partial charge in [-0.2, -0.15) is 0 Å². The molecular formula is C29H34ClN3O5. The number of nitrogens with one attached hydrogen (secondary N) is 2. The van der Waals surface area contributed by atoms with E-state index in [1.165, 1.54) is 4.90 Å². The predicted molar refractivity (Wildman–Crippen MR) is 144 cm³/mol. The maximum atomic E-state index is 14.2. The number of benzene rings is 2. The van der Waals surface area contributed by atoms with Gasteiger partial charge in [0, 0.05) is 6.54 Å². The molecule has 3 saturated heterocycles. The highest BCUT2D eigenvalue weighted by atomic mass is 35.5. The van der Waals surface area contributed by atoms with Crippen molar-refractivity contribution in [1.29, 1.82) is 0 Å². The van der Waals surface area contributed by atoms with Gasteiger partial charge >= 0.3 is 0 Å². The van der Waals surface area contributed by atoms with Gasteiger partial charge in [-0.25, -0.2) is 0 Å². The van der Waals surface area contributed by atoms with Gasteiger partial charge in [-0.1, -0.05) is 61.0 Å². The molecule has 1 spiro atoms. The molecule has 202 valence electrons. The van der Waals surface area contributed by atoms with Gasteiger partial charge in [0.15, 0.2) is 0 Å². The van der Waals surface area contributed by atoms with Crippen molar-refractivity contribution in [2.75, 3.05) is 18.5 Å². The number of para-hydroxylation sites is 1. The average Bonchev–Trinajstić information content (AvgIpc) is 3.56. The van der Waals surface area contributed by atoms with E-state index in [0.717, 1.165) is 17.5 Å². The molecule has 38 heavy (non-hydrogen) atoms. The minimum atomic E-state index is -1.15. The lowest BCUT2D eigenvalue weighted by Crippen LogP contribution is -2.56. The normalized spacial score (nSPS) is 28.3. The van der Waals surface area contributed by atoms with Crippen molar-refractivity contribution in [2.24, 2.45) is 11.8 Å². The summed E-state index contributed by atoms with van der Waals surface area (Å²) in [5, 5.41) is 16.8. The summed E-state index contributed by atoms with van der Waals surface area (Å²) in [6.07, 6.45) is 1.76. The zero-order valence-corrected chi connectivity index (χ0v) is 22.4. The van der Waals surface area contributed by atoms with E-state index in [2.05, 4.69) is 10.6 Å². The molecule has 5 rings (SSSR count). The van der Waals surface area contributed by atoms with Crippen LogP contribution in [0, 0.1) is 18.8 Å². The largest absolute Gasteiger partial charge is 0.394 e. The molecule has 0 aliphatic carbocycles. The Balaban J connectivity index is 1.55. The molecule has 3 fully saturated rings. The van der Waals surface area contributed by atoms with Crippen LogP contribution in [0.1, 0.15) is 37.3 Å². The number of fused-ring (bicyclic) bond motifs is 1. The van der Waals surface area contributed by atoms with Gasteiger partial charge in [0.25, 0.3) is 0 Å². The van der Waals surface area contributed by atoms with Gasteiger partial charge < -0.3 is 25.4 Å². The lowest BCUT2D eigenvalue weighted by molar-refractivity contribution is -0.144. The van der Waals surface area contributed by atoms with Crippen LogP contribution in [0.15, 0.2) is 48.5 Å². The van der Waals surface area contributed by atoms with E-state index >= 15 is 0 Å². The third-order valence-corrected chi connectivity index (χ3v) is 8.54.